The van der Waals surface area contributed by atoms with Crippen molar-refractivity contribution in [2.45, 2.75) is 18.6 Å². The van der Waals surface area contributed by atoms with Gasteiger partial charge in [-0.3, -0.25) is 9.69 Å². The highest BCUT2D eigenvalue weighted by Crippen LogP contribution is 2.21. The Bertz CT molecular complexity index is 777. The fourth-order valence-corrected chi connectivity index (χ4v) is 3.61. The molecule has 1 amide bonds. The van der Waals surface area contributed by atoms with Crippen molar-refractivity contribution in [2.75, 3.05) is 37.4 Å². The Balaban J connectivity index is 1.53. The quantitative estimate of drug-likeness (QED) is 0.757. The number of carbonyl (C=O) groups is 1. The molecule has 1 N–H and O–H groups in total. The Morgan fingerprint density at radius 2 is 2.12 bits per heavy atom. The number of nitrogens with one attached hydrogen (secondary N) is 1. The molecule has 1 fully saturated rings. The number of aryl methyl sites for hydroxylation is 1. The number of amides is 1. The maximum absolute atomic E-state index is 12.2. The number of hydrogen-bond acceptors (Lipinski definition) is 6. The summed E-state index contributed by atoms with van der Waals surface area (Å²) in [5, 5.41) is 12.8. The minimum Gasteiger partial charge on any atom is -0.379 e. The molecule has 3 rings (SSSR count). The molecule has 1 aliphatic rings. The minimum atomic E-state index is -0.0850. The largest absolute Gasteiger partial charge is 0.379 e. The lowest BCUT2D eigenvalue weighted by Gasteiger charge is -2.25. The van der Waals surface area contributed by atoms with Gasteiger partial charge in [-0.05, 0) is 30.7 Å². The summed E-state index contributed by atoms with van der Waals surface area (Å²) in [5.74, 6) is 1.08. The van der Waals surface area contributed by atoms with Crippen molar-refractivity contribution in [1.82, 2.24) is 19.7 Å². The van der Waals surface area contributed by atoms with E-state index in [4.69, 9.17) is 16.3 Å². The van der Waals surface area contributed by atoms with Crippen LogP contribution in [0.3, 0.4) is 0 Å². The van der Waals surface area contributed by atoms with Crippen LogP contribution in [-0.2, 0) is 23.1 Å². The van der Waals surface area contributed by atoms with Crippen molar-refractivity contribution in [1.29, 1.82) is 0 Å². The summed E-state index contributed by atoms with van der Waals surface area (Å²) in [6, 6.07) is 5.39. The summed E-state index contributed by atoms with van der Waals surface area (Å²) in [6.07, 6.45) is 0. The first-order valence-electron chi connectivity index (χ1n) is 8.40. The van der Waals surface area contributed by atoms with Gasteiger partial charge in [-0.1, -0.05) is 23.4 Å². The molecule has 1 aromatic heterocycles. The Kier molecular flexibility index (Phi) is 6.53. The van der Waals surface area contributed by atoms with Gasteiger partial charge in [0.15, 0.2) is 5.16 Å². The number of morpholine rings is 1. The van der Waals surface area contributed by atoms with Gasteiger partial charge >= 0.3 is 0 Å². The number of nitrogens with zero attached hydrogens (tertiary/aromatic N) is 4. The van der Waals surface area contributed by atoms with Crippen molar-refractivity contribution in [3.63, 3.8) is 0 Å². The topological polar surface area (TPSA) is 72.3 Å². The molecule has 9 heteroatoms. The molecule has 0 atom stereocenters. The van der Waals surface area contributed by atoms with Gasteiger partial charge in [0.25, 0.3) is 0 Å². The molecule has 2 heterocycles. The van der Waals surface area contributed by atoms with Gasteiger partial charge in [-0.2, -0.15) is 0 Å². The summed E-state index contributed by atoms with van der Waals surface area (Å²) >= 11 is 7.31. The van der Waals surface area contributed by atoms with Crippen LogP contribution in [0.4, 0.5) is 5.69 Å². The van der Waals surface area contributed by atoms with Crippen LogP contribution in [0.1, 0.15) is 11.4 Å². The normalized spacial score (nSPS) is 15.2. The first-order valence-corrected chi connectivity index (χ1v) is 9.76. The standard InChI is InChI=1S/C17H22ClN5O2S/c1-12-9-13(18)3-4-14(12)19-16(24)11-26-17-21-20-15(22(17)2)10-23-5-7-25-8-6-23/h3-4,9H,5-8,10-11H2,1-2H3,(H,19,24). The van der Waals surface area contributed by atoms with Crippen LogP contribution < -0.4 is 5.32 Å². The van der Waals surface area contributed by atoms with Crippen molar-refractivity contribution in [2.24, 2.45) is 7.05 Å². The van der Waals surface area contributed by atoms with E-state index in [0.717, 1.165) is 55.1 Å². The monoisotopic (exact) mass is 395 g/mol. The lowest BCUT2D eigenvalue weighted by atomic mass is 10.2. The Morgan fingerprint density at radius 3 is 2.85 bits per heavy atom. The number of ether oxygens (including phenoxy) is 1. The average Bonchev–Trinajstić information content (AvgIpc) is 2.96. The molecule has 0 bridgehead atoms. The predicted octanol–water partition coefficient (Wildman–Crippen LogP) is 2.34. The molecule has 1 saturated heterocycles. The van der Waals surface area contributed by atoms with Crippen LogP contribution in [0, 0.1) is 6.92 Å². The zero-order chi connectivity index (χ0) is 18.5. The molecule has 0 unspecified atom stereocenters. The van der Waals surface area contributed by atoms with E-state index in [9.17, 15) is 4.79 Å². The van der Waals surface area contributed by atoms with E-state index in [-0.39, 0.29) is 11.7 Å². The Labute approximate surface area is 162 Å². The van der Waals surface area contributed by atoms with Crippen molar-refractivity contribution in [3.05, 3.63) is 34.6 Å². The van der Waals surface area contributed by atoms with Crippen LogP contribution in [0.2, 0.25) is 5.02 Å². The van der Waals surface area contributed by atoms with Crippen molar-refractivity contribution in [3.8, 4) is 0 Å². The van der Waals surface area contributed by atoms with Crippen LogP contribution in [0.5, 0.6) is 0 Å². The summed E-state index contributed by atoms with van der Waals surface area (Å²) < 4.78 is 7.31. The number of thioether (sulfide) groups is 1. The van der Waals surface area contributed by atoms with Gasteiger partial charge in [0.1, 0.15) is 5.82 Å². The van der Waals surface area contributed by atoms with E-state index in [2.05, 4.69) is 20.4 Å². The first-order chi connectivity index (χ1) is 12.5. The summed E-state index contributed by atoms with van der Waals surface area (Å²) in [7, 11) is 1.93. The third-order valence-corrected chi connectivity index (χ3v) is 5.44. The number of halogens is 1. The zero-order valence-electron chi connectivity index (χ0n) is 14.9. The SMILES string of the molecule is Cc1cc(Cl)ccc1NC(=O)CSc1nnc(CN2CCOCC2)n1C. The highest BCUT2D eigenvalue weighted by Gasteiger charge is 2.16. The number of aromatic nitrogens is 3. The molecular formula is C17H22ClN5O2S. The highest BCUT2D eigenvalue weighted by molar-refractivity contribution is 7.99. The highest BCUT2D eigenvalue weighted by atomic mass is 35.5. The second kappa shape index (κ2) is 8.85. The molecular weight excluding hydrogens is 374 g/mol. The number of benzene rings is 1. The molecule has 1 aromatic carbocycles. The smallest absolute Gasteiger partial charge is 0.234 e. The fraction of sp³-hybridized carbons (Fsp3) is 0.471. The summed E-state index contributed by atoms with van der Waals surface area (Å²) in [6.45, 7) is 5.96. The predicted molar refractivity (Wildman–Crippen MR) is 103 cm³/mol. The van der Waals surface area contributed by atoms with E-state index in [1.165, 1.54) is 11.8 Å². The molecule has 0 saturated carbocycles. The minimum absolute atomic E-state index is 0.0850. The molecule has 1 aliphatic heterocycles. The lowest BCUT2D eigenvalue weighted by Crippen LogP contribution is -2.36. The van der Waals surface area contributed by atoms with Gasteiger partial charge in [-0.15, -0.1) is 10.2 Å². The maximum atomic E-state index is 12.2. The number of hydrogen-bond donors (Lipinski definition) is 1. The van der Waals surface area contributed by atoms with Gasteiger partial charge in [-0.25, -0.2) is 0 Å². The molecule has 2 aromatic rings. The van der Waals surface area contributed by atoms with Gasteiger partial charge in [0, 0.05) is 30.8 Å². The average molecular weight is 396 g/mol. The maximum Gasteiger partial charge on any atom is 0.234 e. The number of rotatable bonds is 6. The molecule has 26 heavy (non-hydrogen) atoms. The fourth-order valence-electron chi connectivity index (χ4n) is 2.65. The Hall–Kier alpha value is -1.61. The van der Waals surface area contributed by atoms with E-state index < -0.39 is 0 Å². The van der Waals surface area contributed by atoms with Crippen LogP contribution >= 0.6 is 23.4 Å². The third kappa shape index (κ3) is 4.97. The lowest BCUT2D eigenvalue weighted by molar-refractivity contribution is -0.113. The van der Waals surface area contributed by atoms with Crippen LogP contribution in [0.25, 0.3) is 0 Å². The number of anilines is 1. The van der Waals surface area contributed by atoms with Gasteiger partial charge in [0.05, 0.1) is 25.5 Å². The summed E-state index contributed by atoms with van der Waals surface area (Å²) in [4.78, 5) is 14.5. The van der Waals surface area contributed by atoms with Gasteiger partial charge < -0.3 is 14.6 Å². The molecule has 7 nitrogen and oxygen atoms in total. The van der Waals surface area contributed by atoms with Crippen LogP contribution in [-0.4, -0.2) is 57.6 Å². The Morgan fingerprint density at radius 1 is 1.35 bits per heavy atom. The molecule has 0 aliphatic carbocycles. The molecule has 140 valence electrons. The first kappa shape index (κ1) is 19.2. The summed E-state index contributed by atoms with van der Waals surface area (Å²) in [5.41, 5.74) is 1.70. The van der Waals surface area contributed by atoms with E-state index >= 15 is 0 Å². The van der Waals surface area contributed by atoms with E-state index in [0.29, 0.717) is 5.02 Å². The van der Waals surface area contributed by atoms with Crippen molar-refractivity contribution < 1.29 is 9.53 Å². The van der Waals surface area contributed by atoms with Gasteiger partial charge in [0.2, 0.25) is 5.91 Å². The van der Waals surface area contributed by atoms with E-state index in [1.807, 2.05) is 30.7 Å². The van der Waals surface area contributed by atoms with Crippen LogP contribution in [0.15, 0.2) is 23.4 Å². The second-order valence-corrected chi connectivity index (χ2v) is 7.52. The molecule has 0 spiro atoms. The van der Waals surface area contributed by atoms with Crippen molar-refractivity contribution >= 4 is 35.0 Å². The number of carbonyl (C=O) groups excluding carboxylic acids is 1. The van der Waals surface area contributed by atoms with E-state index in [1.54, 1.807) is 6.07 Å². The zero-order valence-corrected chi connectivity index (χ0v) is 16.4. The third-order valence-electron chi connectivity index (χ3n) is 4.19. The molecule has 0 radical (unpaired) electrons. The second-order valence-electron chi connectivity index (χ2n) is 6.14.